The van der Waals surface area contributed by atoms with Crippen molar-refractivity contribution in [1.82, 2.24) is 15.1 Å². The molecule has 20 heavy (non-hydrogen) atoms. The van der Waals surface area contributed by atoms with Gasteiger partial charge in [-0.05, 0) is 12.1 Å². The highest BCUT2D eigenvalue weighted by Crippen LogP contribution is 2.17. The fourth-order valence-corrected chi connectivity index (χ4v) is 2.35. The first kappa shape index (κ1) is 13.3. The Morgan fingerprint density at radius 1 is 1.35 bits per heavy atom. The van der Waals surface area contributed by atoms with Crippen LogP contribution in [-0.4, -0.2) is 40.2 Å². The van der Waals surface area contributed by atoms with Crippen molar-refractivity contribution in [2.75, 3.05) is 19.8 Å². The van der Waals surface area contributed by atoms with Crippen molar-refractivity contribution in [2.24, 2.45) is 0 Å². The van der Waals surface area contributed by atoms with Crippen molar-refractivity contribution in [3.63, 3.8) is 0 Å². The minimum atomic E-state index is -0.713. The highest BCUT2D eigenvalue weighted by molar-refractivity contribution is 5.30. The van der Waals surface area contributed by atoms with Crippen LogP contribution in [0.1, 0.15) is 12.0 Å². The molecule has 5 heteroatoms. The predicted octanol–water partition coefficient (Wildman–Crippen LogP) is 1.11. The molecule has 1 saturated heterocycles. The monoisotopic (exact) mass is 273 g/mol. The second kappa shape index (κ2) is 5.75. The molecule has 106 valence electrons. The van der Waals surface area contributed by atoms with Crippen molar-refractivity contribution in [2.45, 2.75) is 18.6 Å². The van der Waals surface area contributed by atoms with Crippen LogP contribution in [0.5, 0.6) is 0 Å². The average Bonchev–Trinajstić information content (AvgIpc) is 3.10. The van der Waals surface area contributed by atoms with E-state index in [0.29, 0.717) is 32.7 Å². The van der Waals surface area contributed by atoms with Crippen molar-refractivity contribution in [3.8, 4) is 5.69 Å². The SMILES string of the molecule is OC1(CNCc2cnn(-c3ccccc3)c2)CCOC1. The lowest BCUT2D eigenvalue weighted by Crippen LogP contribution is -2.40. The first-order chi connectivity index (χ1) is 9.75. The highest BCUT2D eigenvalue weighted by atomic mass is 16.5. The van der Waals surface area contributed by atoms with Gasteiger partial charge in [0.25, 0.3) is 0 Å². The van der Waals surface area contributed by atoms with Gasteiger partial charge in [-0.2, -0.15) is 5.10 Å². The van der Waals surface area contributed by atoms with Crippen LogP contribution in [0.25, 0.3) is 5.69 Å². The summed E-state index contributed by atoms with van der Waals surface area (Å²) < 4.78 is 7.07. The number of aromatic nitrogens is 2. The van der Waals surface area contributed by atoms with Crippen molar-refractivity contribution < 1.29 is 9.84 Å². The van der Waals surface area contributed by atoms with E-state index in [1.807, 2.05) is 47.4 Å². The molecular weight excluding hydrogens is 254 g/mol. The maximum Gasteiger partial charge on any atom is 0.102 e. The minimum Gasteiger partial charge on any atom is -0.386 e. The molecule has 5 nitrogen and oxygen atoms in total. The van der Waals surface area contributed by atoms with Crippen molar-refractivity contribution in [1.29, 1.82) is 0 Å². The van der Waals surface area contributed by atoms with E-state index in [-0.39, 0.29) is 0 Å². The largest absolute Gasteiger partial charge is 0.386 e. The molecule has 1 unspecified atom stereocenters. The van der Waals surface area contributed by atoms with Gasteiger partial charge in [-0.25, -0.2) is 4.68 Å². The topological polar surface area (TPSA) is 59.3 Å². The molecule has 2 aromatic rings. The maximum atomic E-state index is 10.1. The number of para-hydroxylation sites is 1. The van der Waals surface area contributed by atoms with E-state index in [2.05, 4.69) is 10.4 Å². The van der Waals surface area contributed by atoms with Gasteiger partial charge in [0, 0.05) is 37.9 Å². The number of nitrogens with zero attached hydrogens (tertiary/aromatic N) is 2. The smallest absolute Gasteiger partial charge is 0.102 e. The summed E-state index contributed by atoms with van der Waals surface area (Å²) in [5.41, 5.74) is 1.42. The normalized spacial score (nSPS) is 22.2. The molecule has 1 atom stereocenters. The van der Waals surface area contributed by atoms with Crippen LogP contribution in [0.4, 0.5) is 0 Å². The predicted molar refractivity (Wildman–Crippen MR) is 75.7 cm³/mol. The Morgan fingerprint density at radius 2 is 2.20 bits per heavy atom. The maximum absolute atomic E-state index is 10.1. The molecule has 0 saturated carbocycles. The molecule has 1 aromatic heterocycles. The molecule has 0 bridgehead atoms. The number of rotatable bonds is 5. The first-order valence-electron chi connectivity index (χ1n) is 6.85. The second-order valence-corrected chi connectivity index (χ2v) is 5.26. The summed E-state index contributed by atoms with van der Waals surface area (Å²) in [7, 11) is 0. The molecule has 2 N–H and O–H groups in total. The van der Waals surface area contributed by atoms with Crippen LogP contribution in [0.15, 0.2) is 42.7 Å². The lowest BCUT2D eigenvalue weighted by molar-refractivity contribution is 0.0268. The van der Waals surface area contributed by atoms with Crippen molar-refractivity contribution >= 4 is 0 Å². The third-order valence-corrected chi connectivity index (χ3v) is 3.52. The van der Waals surface area contributed by atoms with Gasteiger partial charge < -0.3 is 15.2 Å². The second-order valence-electron chi connectivity index (χ2n) is 5.26. The molecule has 0 aliphatic carbocycles. The Bertz CT molecular complexity index is 547. The molecule has 3 rings (SSSR count). The summed E-state index contributed by atoms with van der Waals surface area (Å²) in [5, 5.41) is 17.8. The quantitative estimate of drug-likeness (QED) is 0.857. The molecule has 1 aliphatic heterocycles. The Balaban J connectivity index is 1.55. The van der Waals surface area contributed by atoms with Crippen LogP contribution >= 0.6 is 0 Å². The van der Waals surface area contributed by atoms with Gasteiger partial charge in [-0.3, -0.25) is 0 Å². The summed E-state index contributed by atoms with van der Waals surface area (Å²) in [6, 6.07) is 10.0. The molecule has 2 heterocycles. The standard InChI is InChI=1S/C15H19N3O2/c19-15(6-7-20-12-15)11-16-8-13-9-17-18(10-13)14-4-2-1-3-5-14/h1-5,9-10,16,19H,6-8,11-12H2. The average molecular weight is 273 g/mol. The molecular formula is C15H19N3O2. The summed E-state index contributed by atoms with van der Waals surface area (Å²) >= 11 is 0. The number of hydrogen-bond donors (Lipinski definition) is 2. The zero-order chi connectivity index (χ0) is 13.8. The Kier molecular flexibility index (Phi) is 3.82. The summed E-state index contributed by atoms with van der Waals surface area (Å²) in [6.07, 6.45) is 4.54. The zero-order valence-electron chi connectivity index (χ0n) is 11.3. The van der Waals surface area contributed by atoms with Crippen LogP contribution in [0.3, 0.4) is 0 Å². The van der Waals surface area contributed by atoms with Gasteiger partial charge in [0.05, 0.1) is 18.5 Å². The van der Waals surface area contributed by atoms with E-state index >= 15 is 0 Å². The fraction of sp³-hybridized carbons (Fsp3) is 0.400. The fourth-order valence-electron chi connectivity index (χ4n) is 2.35. The summed E-state index contributed by atoms with van der Waals surface area (Å²) in [6.45, 7) is 2.30. The van der Waals surface area contributed by atoms with Gasteiger partial charge in [-0.1, -0.05) is 18.2 Å². The third kappa shape index (κ3) is 3.07. The highest BCUT2D eigenvalue weighted by Gasteiger charge is 2.31. The minimum absolute atomic E-state index is 0.420. The third-order valence-electron chi connectivity index (χ3n) is 3.52. The Hall–Kier alpha value is -1.69. The number of nitrogens with one attached hydrogen (secondary N) is 1. The van der Waals surface area contributed by atoms with Gasteiger partial charge in [-0.15, -0.1) is 0 Å². The van der Waals surface area contributed by atoms with Crippen molar-refractivity contribution in [3.05, 3.63) is 48.3 Å². The van der Waals surface area contributed by atoms with Gasteiger partial charge in [0.15, 0.2) is 0 Å². The van der Waals surface area contributed by atoms with Crippen LogP contribution in [0.2, 0.25) is 0 Å². The molecule has 0 amide bonds. The van der Waals surface area contributed by atoms with E-state index in [0.717, 1.165) is 11.3 Å². The summed E-state index contributed by atoms with van der Waals surface area (Å²) in [4.78, 5) is 0. The van der Waals surface area contributed by atoms with Crippen LogP contribution in [0, 0.1) is 0 Å². The number of ether oxygens (including phenoxy) is 1. The van der Waals surface area contributed by atoms with E-state index in [9.17, 15) is 5.11 Å². The Morgan fingerprint density at radius 3 is 2.95 bits per heavy atom. The van der Waals surface area contributed by atoms with E-state index in [1.54, 1.807) is 0 Å². The molecule has 1 fully saturated rings. The lowest BCUT2D eigenvalue weighted by Gasteiger charge is -2.20. The van der Waals surface area contributed by atoms with E-state index in [1.165, 1.54) is 0 Å². The molecule has 0 spiro atoms. The van der Waals surface area contributed by atoms with Crippen LogP contribution < -0.4 is 5.32 Å². The molecule has 0 radical (unpaired) electrons. The van der Waals surface area contributed by atoms with Gasteiger partial charge >= 0.3 is 0 Å². The number of benzene rings is 1. The number of aliphatic hydroxyl groups is 1. The lowest BCUT2D eigenvalue weighted by atomic mass is 10.0. The summed E-state index contributed by atoms with van der Waals surface area (Å²) in [5.74, 6) is 0. The van der Waals surface area contributed by atoms with Crippen LogP contribution in [-0.2, 0) is 11.3 Å². The molecule has 1 aromatic carbocycles. The zero-order valence-corrected chi connectivity index (χ0v) is 11.3. The van der Waals surface area contributed by atoms with E-state index < -0.39 is 5.60 Å². The Labute approximate surface area is 118 Å². The van der Waals surface area contributed by atoms with Gasteiger partial charge in [0.2, 0.25) is 0 Å². The first-order valence-corrected chi connectivity index (χ1v) is 6.85. The van der Waals surface area contributed by atoms with Gasteiger partial charge in [0.1, 0.15) is 5.60 Å². The number of hydrogen-bond acceptors (Lipinski definition) is 4. The van der Waals surface area contributed by atoms with E-state index in [4.69, 9.17) is 4.74 Å². The molecule has 1 aliphatic rings.